The minimum absolute atomic E-state index is 0.0512. The van der Waals surface area contributed by atoms with Gasteiger partial charge in [-0.2, -0.15) is 5.26 Å². The number of morpholine rings is 1. The van der Waals surface area contributed by atoms with Crippen molar-refractivity contribution in [2.45, 2.75) is 0 Å². The topological polar surface area (TPSA) is 132 Å². The second-order valence-electron chi connectivity index (χ2n) is 6.80. The molecular weight excluding hydrogens is 454 g/mol. The highest BCUT2D eigenvalue weighted by molar-refractivity contribution is 6.32. The van der Waals surface area contributed by atoms with Crippen molar-refractivity contribution in [3.8, 4) is 17.6 Å². The van der Waals surface area contributed by atoms with Gasteiger partial charge in [0.2, 0.25) is 0 Å². The molecule has 0 spiro atoms. The molecular formula is C22H18ClN3O7. The van der Waals surface area contributed by atoms with E-state index in [0.29, 0.717) is 31.9 Å². The molecule has 1 aliphatic rings. The van der Waals surface area contributed by atoms with Gasteiger partial charge < -0.3 is 19.1 Å². The van der Waals surface area contributed by atoms with Crippen LogP contribution in [-0.4, -0.2) is 55.1 Å². The van der Waals surface area contributed by atoms with Gasteiger partial charge in [-0.1, -0.05) is 17.7 Å². The molecule has 2 aromatic carbocycles. The van der Waals surface area contributed by atoms with Crippen molar-refractivity contribution in [3.63, 3.8) is 0 Å². The molecule has 1 amide bonds. The van der Waals surface area contributed by atoms with Crippen LogP contribution in [0.4, 0.5) is 5.69 Å². The van der Waals surface area contributed by atoms with Crippen molar-refractivity contribution >= 4 is 35.2 Å². The van der Waals surface area contributed by atoms with Gasteiger partial charge >= 0.3 is 5.97 Å². The normalized spacial score (nSPS) is 13.7. The summed E-state index contributed by atoms with van der Waals surface area (Å²) in [7, 11) is 1.36. The van der Waals surface area contributed by atoms with Crippen molar-refractivity contribution in [2.75, 3.05) is 33.4 Å². The zero-order chi connectivity index (χ0) is 24.0. The van der Waals surface area contributed by atoms with Gasteiger partial charge in [-0.05, 0) is 35.9 Å². The number of nitro groups is 1. The quantitative estimate of drug-likeness (QED) is 0.156. The fourth-order valence-electron chi connectivity index (χ4n) is 3.04. The Hall–Kier alpha value is -3.94. The Morgan fingerprint density at radius 3 is 2.58 bits per heavy atom. The van der Waals surface area contributed by atoms with Crippen LogP contribution in [0.1, 0.15) is 15.9 Å². The number of carbonyl (C=O) groups is 2. The Bertz CT molecular complexity index is 1170. The lowest BCUT2D eigenvalue weighted by molar-refractivity contribution is -0.384. The number of methoxy groups -OCH3 is 1. The average molecular weight is 472 g/mol. The molecule has 0 N–H and O–H groups in total. The smallest absolute Gasteiger partial charge is 0.343 e. The number of esters is 1. The summed E-state index contributed by atoms with van der Waals surface area (Å²) in [4.78, 5) is 36.9. The van der Waals surface area contributed by atoms with E-state index in [4.69, 9.17) is 25.8 Å². The fraction of sp³-hybridized carbons (Fsp3) is 0.227. The molecule has 2 aromatic rings. The van der Waals surface area contributed by atoms with E-state index in [1.54, 1.807) is 6.07 Å². The summed E-state index contributed by atoms with van der Waals surface area (Å²) in [6.45, 7) is 1.63. The summed E-state index contributed by atoms with van der Waals surface area (Å²) >= 11 is 5.77. The first kappa shape index (κ1) is 23.7. The van der Waals surface area contributed by atoms with Crippen LogP contribution in [0.2, 0.25) is 5.02 Å². The Balaban J connectivity index is 1.82. The van der Waals surface area contributed by atoms with Crippen molar-refractivity contribution in [2.24, 2.45) is 0 Å². The minimum atomic E-state index is -0.850. The number of ether oxygens (including phenoxy) is 3. The van der Waals surface area contributed by atoms with Gasteiger partial charge in [-0.3, -0.25) is 14.9 Å². The van der Waals surface area contributed by atoms with Crippen LogP contribution in [0.3, 0.4) is 0 Å². The van der Waals surface area contributed by atoms with Crippen LogP contribution in [0, 0.1) is 21.4 Å². The number of hydrogen-bond donors (Lipinski definition) is 0. The Labute approximate surface area is 193 Å². The number of rotatable bonds is 6. The van der Waals surface area contributed by atoms with Gasteiger partial charge in [-0.25, -0.2) is 4.79 Å². The number of amides is 1. The van der Waals surface area contributed by atoms with Crippen LogP contribution in [0.15, 0.2) is 42.0 Å². The lowest BCUT2D eigenvalue weighted by Gasteiger charge is -2.26. The fourth-order valence-corrected chi connectivity index (χ4v) is 3.23. The van der Waals surface area contributed by atoms with E-state index >= 15 is 0 Å². The predicted octanol–water partition coefficient (Wildman–Crippen LogP) is 3.24. The first-order valence-electron chi connectivity index (χ1n) is 9.67. The van der Waals surface area contributed by atoms with Gasteiger partial charge in [0.15, 0.2) is 11.5 Å². The molecule has 1 heterocycles. The van der Waals surface area contributed by atoms with Crippen molar-refractivity contribution in [1.82, 2.24) is 4.90 Å². The third-order valence-electron chi connectivity index (χ3n) is 4.73. The monoisotopic (exact) mass is 471 g/mol. The summed E-state index contributed by atoms with van der Waals surface area (Å²) in [5, 5.41) is 20.4. The minimum Gasteiger partial charge on any atom is -0.493 e. The zero-order valence-corrected chi connectivity index (χ0v) is 18.2. The van der Waals surface area contributed by atoms with E-state index in [1.165, 1.54) is 42.4 Å². The molecule has 1 saturated heterocycles. The molecule has 0 bridgehead atoms. The molecule has 0 aromatic heterocycles. The van der Waals surface area contributed by atoms with Crippen LogP contribution < -0.4 is 9.47 Å². The molecule has 0 saturated carbocycles. The van der Waals surface area contributed by atoms with Crippen LogP contribution in [0.25, 0.3) is 6.08 Å². The Morgan fingerprint density at radius 1 is 1.21 bits per heavy atom. The number of benzene rings is 2. The molecule has 1 aliphatic heterocycles. The highest BCUT2D eigenvalue weighted by atomic mass is 35.5. The van der Waals surface area contributed by atoms with E-state index in [0.717, 1.165) is 6.07 Å². The molecule has 170 valence electrons. The molecule has 0 unspecified atom stereocenters. The third-order valence-corrected chi connectivity index (χ3v) is 5.05. The highest BCUT2D eigenvalue weighted by Gasteiger charge is 2.22. The third kappa shape index (κ3) is 5.65. The van der Waals surface area contributed by atoms with Crippen LogP contribution in [-0.2, 0) is 9.53 Å². The molecule has 0 aliphatic carbocycles. The molecule has 11 heteroatoms. The standard InChI is InChI=1S/C22H18ClN3O7/c1-31-20-11-14(10-16(13-24)21(27)25-6-8-32-9-7-25)2-5-19(20)33-22(28)15-3-4-17(23)18(12-15)26(29)30/h2-5,10-12H,6-9H2,1H3/b16-10+. The first-order valence-corrected chi connectivity index (χ1v) is 10.0. The average Bonchev–Trinajstić information content (AvgIpc) is 2.83. The van der Waals surface area contributed by atoms with Crippen molar-refractivity contribution < 1.29 is 28.7 Å². The van der Waals surface area contributed by atoms with Gasteiger partial charge in [0.1, 0.15) is 16.7 Å². The maximum absolute atomic E-state index is 12.6. The zero-order valence-electron chi connectivity index (χ0n) is 17.4. The maximum atomic E-state index is 12.6. The highest BCUT2D eigenvalue weighted by Crippen LogP contribution is 2.31. The molecule has 0 atom stereocenters. The van der Waals surface area contributed by atoms with E-state index in [1.807, 2.05) is 6.07 Å². The van der Waals surface area contributed by atoms with Crippen molar-refractivity contribution in [1.29, 1.82) is 5.26 Å². The summed E-state index contributed by atoms with van der Waals surface area (Å²) in [5.74, 6) is -1.04. The number of halogens is 1. The van der Waals surface area contributed by atoms with Gasteiger partial charge in [0, 0.05) is 19.2 Å². The Morgan fingerprint density at radius 2 is 1.94 bits per heavy atom. The van der Waals surface area contributed by atoms with E-state index < -0.39 is 22.5 Å². The Kier molecular flexibility index (Phi) is 7.61. The molecule has 0 radical (unpaired) electrons. The second-order valence-corrected chi connectivity index (χ2v) is 7.20. The number of hydrogen-bond acceptors (Lipinski definition) is 8. The van der Waals surface area contributed by atoms with Gasteiger partial charge in [0.25, 0.3) is 11.6 Å². The lowest BCUT2D eigenvalue weighted by Crippen LogP contribution is -2.41. The number of nitro benzene ring substituents is 1. The SMILES string of the molecule is COc1cc(/C=C(\C#N)C(=O)N2CCOCC2)ccc1OC(=O)c1ccc(Cl)c([N+](=O)[O-])c1. The van der Waals surface area contributed by atoms with Crippen molar-refractivity contribution in [3.05, 3.63) is 68.2 Å². The molecule has 1 fully saturated rings. The van der Waals surface area contributed by atoms with E-state index in [-0.39, 0.29) is 27.7 Å². The lowest BCUT2D eigenvalue weighted by atomic mass is 10.1. The summed E-state index contributed by atoms with van der Waals surface area (Å²) in [6, 6.07) is 9.93. The maximum Gasteiger partial charge on any atom is 0.343 e. The molecule has 10 nitrogen and oxygen atoms in total. The number of nitrogens with zero attached hydrogens (tertiary/aromatic N) is 3. The van der Waals surface area contributed by atoms with Crippen LogP contribution >= 0.6 is 11.6 Å². The largest absolute Gasteiger partial charge is 0.493 e. The van der Waals surface area contributed by atoms with Gasteiger partial charge in [0.05, 0.1) is 30.8 Å². The summed E-state index contributed by atoms with van der Waals surface area (Å²) in [5.41, 5.74) is -0.0726. The summed E-state index contributed by atoms with van der Waals surface area (Å²) in [6.07, 6.45) is 1.41. The van der Waals surface area contributed by atoms with Crippen LogP contribution in [0.5, 0.6) is 11.5 Å². The second kappa shape index (κ2) is 10.6. The molecule has 3 rings (SSSR count). The predicted molar refractivity (Wildman–Crippen MR) is 117 cm³/mol. The van der Waals surface area contributed by atoms with E-state index in [9.17, 15) is 25.0 Å². The number of carbonyl (C=O) groups excluding carboxylic acids is 2. The van der Waals surface area contributed by atoms with Gasteiger partial charge in [-0.15, -0.1) is 0 Å². The first-order chi connectivity index (χ1) is 15.8. The summed E-state index contributed by atoms with van der Waals surface area (Å²) < 4.78 is 15.8. The number of nitriles is 1. The molecule has 33 heavy (non-hydrogen) atoms. The van der Waals surface area contributed by atoms with E-state index in [2.05, 4.69) is 0 Å².